The summed E-state index contributed by atoms with van der Waals surface area (Å²) in [6.45, 7) is 13.0. The molecule has 0 saturated carbocycles. The highest BCUT2D eigenvalue weighted by atomic mass is 31.2. The summed E-state index contributed by atoms with van der Waals surface area (Å²) in [6, 6.07) is 22.8. The van der Waals surface area contributed by atoms with Gasteiger partial charge in [-0.1, -0.05) is 54.6 Å². The highest BCUT2D eigenvalue weighted by Crippen LogP contribution is 2.50. The molecular formula is C48H62F9N4O8P. The minimum atomic E-state index is -5.22. The van der Waals surface area contributed by atoms with E-state index in [9.17, 15) is 49.1 Å². The third-order valence-corrected chi connectivity index (χ3v) is 13.1. The van der Waals surface area contributed by atoms with Crippen molar-refractivity contribution in [2.45, 2.75) is 115 Å². The Labute approximate surface area is 404 Å². The third-order valence-electron chi connectivity index (χ3n) is 11.0. The molecule has 3 aromatic rings. The second-order valence-corrected chi connectivity index (χ2v) is 18.3. The number of nitrogens with one attached hydrogen (secondary N) is 2. The van der Waals surface area contributed by atoms with Gasteiger partial charge in [0.05, 0.1) is 27.4 Å². The Balaban J connectivity index is 2.26. The molecule has 0 spiro atoms. The van der Waals surface area contributed by atoms with Crippen LogP contribution in [0.2, 0.25) is 0 Å². The van der Waals surface area contributed by atoms with Gasteiger partial charge < -0.3 is 38.9 Å². The minimum absolute atomic E-state index is 0.0206. The number of carbonyl (C=O) groups excluding carboxylic acids is 2. The summed E-state index contributed by atoms with van der Waals surface area (Å²) < 4.78 is 159. The van der Waals surface area contributed by atoms with Gasteiger partial charge in [-0.15, -0.1) is 0 Å². The lowest BCUT2D eigenvalue weighted by Crippen LogP contribution is -2.42. The van der Waals surface area contributed by atoms with Crippen LogP contribution in [-0.4, -0.2) is 107 Å². The van der Waals surface area contributed by atoms with E-state index in [0.29, 0.717) is 28.2 Å². The van der Waals surface area contributed by atoms with Crippen LogP contribution < -0.4 is 20.1 Å². The van der Waals surface area contributed by atoms with Crippen LogP contribution in [0.1, 0.15) is 89.3 Å². The zero-order valence-corrected chi connectivity index (χ0v) is 40.8. The number of methoxy groups -OCH3 is 2. The highest BCUT2D eigenvalue weighted by molar-refractivity contribution is 7.44. The van der Waals surface area contributed by atoms with Crippen molar-refractivity contribution in [1.82, 2.24) is 15.3 Å². The Kier molecular flexibility index (Phi) is 23.6. The quantitative estimate of drug-likeness (QED) is 0.0168. The van der Waals surface area contributed by atoms with Crippen LogP contribution in [0.4, 0.5) is 39.5 Å². The number of halogens is 9. The van der Waals surface area contributed by atoms with Gasteiger partial charge in [0.1, 0.15) is 23.7 Å². The van der Waals surface area contributed by atoms with Gasteiger partial charge in [0.25, 0.3) is 8.53 Å². The molecule has 0 aliphatic carbocycles. The van der Waals surface area contributed by atoms with Crippen molar-refractivity contribution in [2.75, 3.05) is 53.7 Å². The van der Waals surface area contributed by atoms with Crippen molar-refractivity contribution in [2.24, 2.45) is 5.41 Å². The summed E-state index contributed by atoms with van der Waals surface area (Å²) in [5.41, 5.74) is -1.18. The van der Waals surface area contributed by atoms with Gasteiger partial charge in [0.15, 0.2) is 6.29 Å². The van der Waals surface area contributed by atoms with Crippen LogP contribution >= 0.6 is 8.53 Å². The largest absolute Gasteiger partial charge is 0.497 e. The predicted octanol–water partition coefficient (Wildman–Crippen LogP) is 11.3. The summed E-state index contributed by atoms with van der Waals surface area (Å²) in [5.74, 6) is -3.42. The fraction of sp³-hybridized carbons (Fsp3) is 0.562. The number of ether oxygens (including phenoxy) is 4. The van der Waals surface area contributed by atoms with E-state index in [1.807, 2.05) is 50.6 Å². The normalized spacial score (nSPS) is 13.6. The van der Waals surface area contributed by atoms with Crippen molar-refractivity contribution >= 4 is 20.3 Å². The summed E-state index contributed by atoms with van der Waals surface area (Å²) >= 11 is 0. The Morgan fingerprint density at radius 2 is 1.13 bits per heavy atom. The molecule has 0 bridgehead atoms. The van der Waals surface area contributed by atoms with Crippen LogP contribution in [0, 0.1) is 12.0 Å². The van der Waals surface area contributed by atoms with E-state index in [1.54, 1.807) is 71.3 Å². The molecule has 0 aromatic heterocycles. The molecule has 3 rings (SSSR count). The Morgan fingerprint density at radius 1 is 0.671 bits per heavy atom. The van der Waals surface area contributed by atoms with Crippen LogP contribution in [0.25, 0.3) is 4.85 Å². The number of hydrogen-bond donors (Lipinski definition) is 2. The lowest BCUT2D eigenvalue weighted by atomic mass is 9.75. The standard InChI is InChI=1S/C48H62F9N4O8P/c1-34(2)61(35(3)4)70(67-31-30-58-5)69-41(68-46(36-14-9-8-10-15-36,37-16-20-39(64-6)21-17-37)38-18-22-40(65-7)23-19-38)32-66-33-44(24-11-27-45(49,50)51,25-12-28-59-42(62)47(52,53)54)26-13-29-60-43(63)48(55,56)57/h8-10,14-23,34-35,41H,11-13,24-33H2,1-4,6-7H3,(H,59,62)(H,60,63). The zero-order chi connectivity index (χ0) is 52.2. The summed E-state index contributed by atoms with van der Waals surface area (Å²) in [4.78, 5) is 26.8. The topological polar surface area (TPSA) is 121 Å². The first-order valence-electron chi connectivity index (χ1n) is 22.5. The maximum atomic E-state index is 13.7. The molecule has 2 N–H and O–H groups in total. The third kappa shape index (κ3) is 18.8. The van der Waals surface area contributed by atoms with Crippen LogP contribution in [0.5, 0.6) is 11.5 Å². The van der Waals surface area contributed by atoms with E-state index in [2.05, 4.69) is 4.85 Å². The second-order valence-electron chi connectivity index (χ2n) is 16.9. The van der Waals surface area contributed by atoms with Gasteiger partial charge in [0, 0.05) is 31.6 Å². The molecule has 0 aliphatic heterocycles. The monoisotopic (exact) mass is 1020 g/mol. The minimum Gasteiger partial charge on any atom is -0.497 e. The van der Waals surface area contributed by atoms with Crippen molar-refractivity contribution in [3.05, 3.63) is 107 Å². The number of alkyl halides is 9. The number of benzene rings is 3. The maximum Gasteiger partial charge on any atom is 0.471 e. The van der Waals surface area contributed by atoms with Gasteiger partial charge in [-0.2, -0.15) is 39.5 Å². The second kappa shape index (κ2) is 27.8. The SMILES string of the molecule is [C-]#[N+]CCOP(OC(COCC(CCCNC(=O)C(F)(F)F)(CCCNC(=O)C(F)(F)F)CCCC(F)(F)F)OC(c1ccccc1)(c1ccc(OC)cc1)c1ccc(OC)cc1)N(C(C)C)C(C)C. The van der Waals surface area contributed by atoms with E-state index < -0.39 is 95.3 Å². The van der Waals surface area contributed by atoms with Crippen LogP contribution in [0.3, 0.4) is 0 Å². The molecule has 3 aromatic carbocycles. The van der Waals surface area contributed by atoms with Crippen molar-refractivity contribution < 1.29 is 77.1 Å². The number of nitrogens with zero attached hydrogens (tertiary/aromatic N) is 2. The van der Waals surface area contributed by atoms with E-state index in [-0.39, 0.29) is 57.3 Å². The molecule has 390 valence electrons. The van der Waals surface area contributed by atoms with E-state index in [4.69, 9.17) is 34.6 Å². The lowest BCUT2D eigenvalue weighted by Gasteiger charge is -2.42. The summed E-state index contributed by atoms with van der Waals surface area (Å²) in [7, 11) is 0.917. The Bertz CT molecular complexity index is 1970. The fourth-order valence-electron chi connectivity index (χ4n) is 7.86. The molecule has 0 fully saturated rings. The van der Waals surface area contributed by atoms with E-state index in [0.717, 1.165) is 0 Å². The Hall–Kier alpha value is -4.71. The van der Waals surface area contributed by atoms with Crippen molar-refractivity contribution in [3.8, 4) is 11.5 Å². The summed E-state index contributed by atoms with van der Waals surface area (Å²) in [5, 5.41) is 3.50. The molecule has 22 heteroatoms. The molecule has 12 nitrogen and oxygen atoms in total. The molecular weight excluding hydrogens is 963 g/mol. The average Bonchev–Trinajstić information content (AvgIpc) is 3.29. The maximum absolute atomic E-state index is 13.7. The smallest absolute Gasteiger partial charge is 0.471 e. The fourth-order valence-corrected chi connectivity index (χ4v) is 9.46. The number of carbonyl (C=O) groups is 2. The van der Waals surface area contributed by atoms with Gasteiger partial charge in [-0.25, -0.2) is 11.2 Å². The molecule has 70 heavy (non-hydrogen) atoms. The molecule has 0 radical (unpaired) electrons. The van der Waals surface area contributed by atoms with Gasteiger partial charge in [0.2, 0.25) is 6.54 Å². The highest BCUT2D eigenvalue weighted by Gasteiger charge is 2.44. The first-order valence-corrected chi connectivity index (χ1v) is 23.6. The summed E-state index contributed by atoms with van der Waals surface area (Å²) in [6.07, 6.45) is -19.3. The molecule has 0 heterocycles. The van der Waals surface area contributed by atoms with Crippen molar-refractivity contribution in [3.63, 3.8) is 0 Å². The molecule has 0 saturated heterocycles. The van der Waals surface area contributed by atoms with Crippen LogP contribution in [-0.2, 0) is 33.7 Å². The number of hydrogen-bond acceptors (Lipinski definition) is 9. The lowest BCUT2D eigenvalue weighted by molar-refractivity contribution is -0.180. The van der Waals surface area contributed by atoms with Gasteiger partial charge in [-0.3, -0.25) is 14.1 Å². The first-order chi connectivity index (χ1) is 32.9. The number of amides is 2. The number of rotatable bonds is 30. The van der Waals surface area contributed by atoms with E-state index >= 15 is 0 Å². The van der Waals surface area contributed by atoms with Gasteiger partial charge in [-0.05, 0) is 113 Å². The average molecular weight is 1020 g/mol. The molecule has 0 aliphatic rings. The van der Waals surface area contributed by atoms with E-state index in [1.165, 1.54) is 14.2 Å². The molecule has 2 amide bonds. The Morgan fingerprint density at radius 3 is 1.54 bits per heavy atom. The molecule has 2 unspecified atom stereocenters. The zero-order valence-electron chi connectivity index (χ0n) is 39.9. The van der Waals surface area contributed by atoms with Crippen molar-refractivity contribution in [1.29, 1.82) is 0 Å². The first kappa shape index (κ1) is 59.6. The predicted molar refractivity (Wildman–Crippen MR) is 244 cm³/mol. The van der Waals surface area contributed by atoms with Gasteiger partial charge >= 0.3 is 30.3 Å². The molecule has 2 atom stereocenters. The van der Waals surface area contributed by atoms with Crippen LogP contribution in [0.15, 0.2) is 78.9 Å².